The first-order valence-electron chi connectivity index (χ1n) is 3.71. The molecule has 0 aromatic rings. The summed E-state index contributed by atoms with van der Waals surface area (Å²) < 4.78 is 4.64. The highest BCUT2D eigenvalue weighted by Crippen LogP contribution is 1.99. The summed E-state index contributed by atoms with van der Waals surface area (Å²) in [4.78, 5) is 19.6. The lowest BCUT2D eigenvalue weighted by molar-refractivity contribution is -0.130. The Morgan fingerprint density at radius 3 is 2.91 bits per heavy atom. The maximum atomic E-state index is 10.5. The van der Waals surface area contributed by atoms with Crippen molar-refractivity contribution in [3.63, 3.8) is 0 Å². The first-order valence-corrected chi connectivity index (χ1v) is 5.52. The second-order valence-corrected chi connectivity index (χ2v) is 3.96. The van der Waals surface area contributed by atoms with Crippen LogP contribution in [-0.4, -0.2) is 20.0 Å². The van der Waals surface area contributed by atoms with E-state index in [-0.39, 0.29) is 0 Å². The molecule has 0 aliphatic heterocycles. The zero-order valence-corrected chi connectivity index (χ0v) is 7.90. The average molecular weight is 174 g/mol. The minimum Gasteiger partial charge on any atom is -0.494 e. The fraction of sp³-hybridized carbons (Fsp3) is 0.571. The topological polar surface area (TPSA) is 46.5 Å². The third-order valence-electron chi connectivity index (χ3n) is 1.22. The second-order valence-electron chi connectivity index (χ2n) is 2.24. The van der Waals surface area contributed by atoms with Crippen molar-refractivity contribution in [2.75, 3.05) is 0 Å². The van der Waals surface area contributed by atoms with Crippen LogP contribution >= 0.6 is 0 Å². The lowest BCUT2D eigenvalue weighted by Gasteiger charge is -2.06. The molecule has 0 amide bonds. The molecule has 4 heteroatoms. The van der Waals surface area contributed by atoms with Crippen LogP contribution in [0.3, 0.4) is 0 Å². The van der Waals surface area contributed by atoms with Crippen molar-refractivity contribution in [1.82, 2.24) is 0 Å². The highest BCUT2D eigenvalue weighted by molar-refractivity contribution is 6.45. The molecule has 64 valence electrons. The highest BCUT2D eigenvalue weighted by Gasteiger charge is 2.10. The monoisotopic (exact) mass is 174 g/mol. The lowest BCUT2D eigenvalue weighted by Crippen LogP contribution is -2.20. The first-order chi connectivity index (χ1) is 5.20. The number of unbranched alkanes of at least 4 members (excludes halogenated alkanes) is 1. The van der Waals surface area contributed by atoms with E-state index in [1.54, 1.807) is 0 Å². The molecule has 0 aliphatic carbocycles. The molecule has 3 nitrogen and oxygen atoms in total. The summed E-state index contributed by atoms with van der Waals surface area (Å²) in [7, 11) is -2.22. The number of carbonyl (C=O) groups is 1. The molecule has 0 fully saturated rings. The molecule has 1 N–H and O–H groups in total. The summed E-state index contributed by atoms with van der Waals surface area (Å²) in [5, 5.41) is 0. The fourth-order valence-corrected chi connectivity index (χ4v) is 1.86. The van der Waals surface area contributed by atoms with Gasteiger partial charge in [-0.3, -0.25) is 0 Å². The zero-order chi connectivity index (χ0) is 8.69. The molecule has 0 spiro atoms. The lowest BCUT2D eigenvalue weighted by atomic mass is 10.4. The van der Waals surface area contributed by atoms with Gasteiger partial charge < -0.3 is 9.22 Å². The Bertz CT molecular complexity index is 136. The van der Waals surface area contributed by atoms with Gasteiger partial charge in [0.1, 0.15) is 0 Å². The number of hydrogen-bond donors (Lipinski definition) is 1. The fourth-order valence-electron chi connectivity index (χ4n) is 0.620. The van der Waals surface area contributed by atoms with Crippen LogP contribution in [0.2, 0.25) is 6.04 Å². The normalized spacial score (nSPS) is 12.2. The van der Waals surface area contributed by atoms with E-state index in [4.69, 9.17) is 4.80 Å². The van der Waals surface area contributed by atoms with Gasteiger partial charge in [0.2, 0.25) is 0 Å². The van der Waals surface area contributed by atoms with Crippen LogP contribution in [0.25, 0.3) is 0 Å². The number of rotatable bonds is 5. The maximum Gasteiger partial charge on any atom is 0.383 e. The third kappa shape index (κ3) is 5.81. The zero-order valence-electron chi connectivity index (χ0n) is 6.75. The van der Waals surface area contributed by atoms with Crippen LogP contribution < -0.4 is 0 Å². The van der Waals surface area contributed by atoms with E-state index in [9.17, 15) is 4.79 Å². The van der Waals surface area contributed by atoms with Crippen molar-refractivity contribution in [2.24, 2.45) is 0 Å². The molecule has 0 saturated heterocycles. The van der Waals surface area contributed by atoms with E-state index < -0.39 is 15.3 Å². The van der Waals surface area contributed by atoms with Gasteiger partial charge in [0.15, 0.2) is 0 Å². The van der Waals surface area contributed by atoms with Crippen LogP contribution in [-0.2, 0) is 9.22 Å². The molecular formula is C7H14O3Si. The van der Waals surface area contributed by atoms with E-state index in [2.05, 4.69) is 11.0 Å². The standard InChI is InChI=1S/C7H14O3Si/c1-3-5-6-11(9)10-7(8)4-2/h4,9,11H,2-3,5-6H2,1H3. The molecule has 1 atom stereocenters. The Hall–Kier alpha value is -0.613. The summed E-state index contributed by atoms with van der Waals surface area (Å²) in [6, 6.07) is 0.635. The van der Waals surface area contributed by atoms with E-state index in [1.807, 2.05) is 6.92 Å². The predicted octanol–water partition coefficient (Wildman–Crippen LogP) is 0.728. The molecule has 0 aromatic heterocycles. The molecule has 0 bridgehead atoms. The molecule has 1 unspecified atom stereocenters. The Labute approximate surface area is 68.5 Å². The van der Waals surface area contributed by atoms with Gasteiger partial charge in [-0.15, -0.1) is 0 Å². The van der Waals surface area contributed by atoms with Crippen LogP contribution in [0.5, 0.6) is 0 Å². The molecular weight excluding hydrogens is 160 g/mol. The van der Waals surface area contributed by atoms with E-state index in [1.165, 1.54) is 0 Å². The average Bonchev–Trinajstić information content (AvgIpc) is 2.00. The molecule has 0 heterocycles. The molecule has 0 rings (SSSR count). The van der Waals surface area contributed by atoms with Crippen molar-refractivity contribution >= 4 is 15.3 Å². The van der Waals surface area contributed by atoms with Gasteiger partial charge in [0.05, 0.1) is 0 Å². The van der Waals surface area contributed by atoms with E-state index in [0.29, 0.717) is 6.04 Å². The Morgan fingerprint density at radius 2 is 2.45 bits per heavy atom. The SMILES string of the molecule is C=CC(=O)O[SiH](O)CCCC. The van der Waals surface area contributed by atoms with Crippen LogP contribution in [0.4, 0.5) is 0 Å². The Balaban J connectivity index is 3.43. The molecule has 0 saturated carbocycles. The Kier molecular flexibility index (Phi) is 5.78. The number of carbonyl (C=O) groups excluding carboxylic acids is 1. The second kappa shape index (κ2) is 6.12. The van der Waals surface area contributed by atoms with Gasteiger partial charge in [-0.05, 0) is 6.04 Å². The smallest absolute Gasteiger partial charge is 0.383 e. The van der Waals surface area contributed by atoms with Crippen LogP contribution in [0.15, 0.2) is 12.7 Å². The molecule has 0 radical (unpaired) electrons. The van der Waals surface area contributed by atoms with Gasteiger partial charge >= 0.3 is 15.3 Å². The summed E-state index contributed by atoms with van der Waals surface area (Å²) >= 11 is 0. The van der Waals surface area contributed by atoms with Crippen molar-refractivity contribution in [2.45, 2.75) is 25.8 Å². The first kappa shape index (κ1) is 10.4. The molecule has 11 heavy (non-hydrogen) atoms. The van der Waals surface area contributed by atoms with Gasteiger partial charge in [-0.25, -0.2) is 4.79 Å². The predicted molar refractivity (Wildman–Crippen MR) is 45.4 cm³/mol. The van der Waals surface area contributed by atoms with Crippen molar-refractivity contribution in [3.8, 4) is 0 Å². The molecule has 0 aliphatic rings. The highest BCUT2D eigenvalue weighted by atomic mass is 28.3. The third-order valence-corrected chi connectivity index (χ3v) is 2.63. The quantitative estimate of drug-likeness (QED) is 0.493. The van der Waals surface area contributed by atoms with Gasteiger partial charge in [0, 0.05) is 6.08 Å². The van der Waals surface area contributed by atoms with Crippen LogP contribution in [0.1, 0.15) is 19.8 Å². The van der Waals surface area contributed by atoms with Crippen molar-refractivity contribution in [1.29, 1.82) is 0 Å². The molecule has 0 aromatic carbocycles. The largest absolute Gasteiger partial charge is 0.494 e. The van der Waals surface area contributed by atoms with Crippen molar-refractivity contribution < 1.29 is 14.0 Å². The minimum absolute atomic E-state index is 0.514. The van der Waals surface area contributed by atoms with Gasteiger partial charge in [-0.2, -0.15) is 0 Å². The van der Waals surface area contributed by atoms with Crippen LogP contribution in [0, 0.1) is 0 Å². The minimum atomic E-state index is -2.22. The van der Waals surface area contributed by atoms with Gasteiger partial charge in [0.25, 0.3) is 0 Å². The number of hydrogen-bond acceptors (Lipinski definition) is 3. The summed E-state index contributed by atoms with van der Waals surface area (Å²) in [5.41, 5.74) is 0. The van der Waals surface area contributed by atoms with Crippen molar-refractivity contribution in [3.05, 3.63) is 12.7 Å². The maximum absolute atomic E-state index is 10.5. The van der Waals surface area contributed by atoms with E-state index in [0.717, 1.165) is 18.9 Å². The Morgan fingerprint density at radius 1 is 1.82 bits per heavy atom. The van der Waals surface area contributed by atoms with Gasteiger partial charge in [-0.1, -0.05) is 26.3 Å². The van der Waals surface area contributed by atoms with E-state index >= 15 is 0 Å². The summed E-state index contributed by atoms with van der Waals surface area (Å²) in [5.74, 6) is -0.514. The summed E-state index contributed by atoms with van der Waals surface area (Å²) in [6.45, 7) is 5.25. The summed E-state index contributed by atoms with van der Waals surface area (Å²) in [6.07, 6.45) is 3.00.